The van der Waals surface area contributed by atoms with Crippen molar-refractivity contribution in [3.05, 3.63) is 53.5 Å². The van der Waals surface area contributed by atoms with Gasteiger partial charge in [0.2, 0.25) is 5.78 Å². The standard InChI is InChI=1S/C14H12F3NO3/c15-14(16,17)21-10-3-1-9(2-4-10)7-12(19)13-6-5-11(8-18)20-13/h1-6H,7-8,18H2. The zero-order valence-electron chi connectivity index (χ0n) is 10.8. The molecule has 0 atom stereocenters. The maximum atomic E-state index is 12.0. The van der Waals surface area contributed by atoms with E-state index in [0.717, 1.165) is 12.1 Å². The molecule has 0 aliphatic rings. The fourth-order valence-electron chi connectivity index (χ4n) is 1.72. The van der Waals surface area contributed by atoms with Gasteiger partial charge < -0.3 is 14.9 Å². The lowest BCUT2D eigenvalue weighted by Crippen LogP contribution is -2.17. The first kappa shape index (κ1) is 15.1. The second-order valence-electron chi connectivity index (χ2n) is 4.26. The number of carbonyl (C=O) groups excluding carboxylic acids is 1. The molecule has 0 spiro atoms. The molecule has 2 rings (SSSR count). The number of hydrogen-bond acceptors (Lipinski definition) is 4. The number of nitrogens with two attached hydrogens (primary N) is 1. The van der Waals surface area contributed by atoms with Crippen molar-refractivity contribution in [1.29, 1.82) is 0 Å². The average Bonchev–Trinajstić information content (AvgIpc) is 2.88. The van der Waals surface area contributed by atoms with Crippen molar-refractivity contribution in [2.75, 3.05) is 0 Å². The van der Waals surface area contributed by atoms with Gasteiger partial charge in [-0.3, -0.25) is 4.79 Å². The van der Waals surface area contributed by atoms with Crippen LogP contribution in [0.5, 0.6) is 5.75 Å². The van der Waals surface area contributed by atoms with Crippen molar-refractivity contribution in [3.8, 4) is 5.75 Å². The van der Waals surface area contributed by atoms with Gasteiger partial charge in [0.1, 0.15) is 11.5 Å². The zero-order valence-corrected chi connectivity index (χ0v) is 10.8. The minimum atomic E-state index is -4.73. The molecule has 21 heavy (non-hydrogen) atoms. The molecule has 0 unspecified atom stereocenters. The van der Waals surface area contributed by atoms with Gasteiger partial charge in [-0.15, -0.1) is 13.2 Å². The Morgan fingerprint density at radius 1 is 1.14 bits per heavy atom. The second-order valence-corrected chi connectivity index (χ2v) is 4.26. The van der Waals surface area contributed by atoms with Gasteiger partial charge in [0.25, 0.3) is 0 Å². The molecular weight excluding hydrogens is 287 g/mol. The summed E-state index contributed by atoms with van der Waals surface area (Å²) in [6.45, 7) is 0.191. The van der Waals surface area contributed by atoms with Crippen molar-refractivity contribution in [1.82, 2.24) is 0 Å². The highest BCUT2D eigenvalue weighted by Crippen LogP contribution is 2.23. The quantitative estimate of drug-likeness (QED) is 0.862. The maximum Gasteiger partial charge on any atom is 0.573 e. The Bertz CT molecular complexity index is 617. The number of ketones is 1. The lowest BCUT2D eigenvalue weighted by molar-refractivity contribution is -0.274. The summed E-state index contributed by atoms with van der Waals surface area (Å²) in [5, 5.41) is 0. The van der Waals surface area contributed by atoms with Crippen LogP contribution in [0.1, 0.15) is 21.9 Å². The molecule has 0 radical (unpaired) electrons. The van der Waals surface area contributed by atoms with E-state index in [9.17, 15) is 18.0 Å². The largest absolute Gasteiger partial charge is 0.573 e. The summed E-state index contributed by atoms with van der Waals surface area (Å²) in [5.41, 5.74) is 5.93. The fraction of sp³-hybridized carbons (Fsp3) is 0.214. The minimum absolute atomic E-state index is 0.0177. The number of ether oxygens (including phenoxy) is 1. The van der Waals surface area contributed by atoms with Gasteiger partial charge in [0, 0.05) is 6.42 Å². The van der Waals surface area contributed by atoms with E-state index in [-0.39, 0.29) is 30.3 Å². The summed E-state index contributed by atoms with van der Waals surface area (Å²) in [6, 6.07) is 8.23. The molecule has 0 saturated heterocycles. The van der Waals surface area contributed by atoms with Gasteiger partial charge in [-0.05, 0) is 29.8 Å². The molecule has 1 aromatic heterocycles. The molecular formula is C14H12F3NO3. The summed E-state index contributed by atoms with van der Waals surface area (Å²) in [6.07, 6.45) is -4.71. The molecule has 1 aromatic carbocycles. The van der Waals surface area contributed by atoms with E-state index < -0.39 is 6.36 Å². The van der Waals surface area contributed by atoms with E-state index in [1.54, 1.807) is 6.07 Å². The highest BCUT2D eigenvalue weighted by molar-refractivity contribution is 5.95. The van der Waals surface area contributed by atoms with Crippen molar-refractivity contribution in [2.45, 2.75) is 19.3 Å². The first-order valence-corrected chi connectivity index (χ1v) is 6.04. The van der Waals surface area contributed by atoms with Crippen molar-refractivity contribution >= 4 is 5.78 Å². The van der Waals surface area contributed by atoms with Crippen LogP contribution < -0.4 is 10.5 Å². The van der Waals surface area contributed by atoms with E-state index >= 15 is 0 Å². The molecule has 0 aliphatic heterocycles. The van der Waals surface area contributed by atoms with Gasteiger partial charge in [-0.1, -0.05) is 12.1 Å². The van der Waals surface area contributed by atoms with E-state index in [1.807, 2.05) is 0 Å². The maximum absolute atomic E-state index is 12.0. The molecule has 2 aromatic rings. The molecule has 7 heteroatoms. The van der Waals surface area contributed by atoms with Crippen LogP contribution in [-0.4, -0.2) is 12.1 Å². The Morgan fingerprint density at radius 2 is 1.81 bits per heavy atom. The molecule has 4 nitrogen and oxygen atoms in total. The predicted octanol–water partition coefficient (Wildman–Crippen LogP) is 3.06. The zero-order chi connectivity index (χ0) is 15.5. The van der Waals surface area contributed by atoms with Crippen LogP contribution in [0.15, 0.2) is 40.8 Å². The molecule has 1 heterocycles. The normalized spacial score (nSPS) is 11.4. The molecule has 2 N–H and O–H groups in total. The lowest BCUT2D eigenvalue weighted by Gasteiger charge is -2.08. The average molecular weight is 299 g/mol. The third-order valence-electron chi connectivity index (χ3n) is 2.66. The summed E-state index contributed by atoms with van der Waals surface area (Å²) in [5.74, 6) is 0.0552. The van der Waals surface area contributed by atoms with E-state index in [2.05, 4.69) is 4.74 Å². The van der Waals surface area contributed by atoms with Gasteiger partial charge in [-0.2, -0.15) is 0 Å². The van der Waals surface area contributed by atoms with Crippen molar-refractivity contribution in [2.24, 2.45) is 5.73 Å². The van der Waals surface area contributed by atoms with Gasteiger partial charge in [0.05, 0.1) is 6.54 Å². The lowest BCUT2D eigenvalue weighted by atomic mass is 10.1. The van der Waals surface area contributed by atoms with Gasteiger partial charge in [0.15, 0.2) is 5.76 Å². The van der Waals surface area contributed by atoms with Crippen LogP contribution in [0.3, 0.4) is 0 Å². The highest BCUT2D eigenvalue weighted by atomic mass is 19.4. The SMILES string of the molecule is NCc1ccc(C(=O)Cc2ccc(OC(F)(F)F)cc2)o1. The Hall–Kier alpha value is -2.28. The van der Waals surface area contributed by atoms with Crippen molar-refractivity contribution < 1.29 is 27.1 Å². The Labute approximate surface area is 118 Å². The first-order valence-electron chi connectivity index (χ1n) is 6.04. The molecule has 112 valence electrons. The van der Waals surface area contributed by atoms with Gasteiger partial charge >= 0.3 is 6.36 Å². The monoisotopic (exact) mass is 299 g/mol. The van der Waals surface area contributed by atoms with Crippen LogP contribution in [0.25, 0.3) is 0 Å². The fourth-order valence-corrected chi connectivity index (χ4v) is 1.72. The number of rotatable bonds is 5. The van der Waals surface area contributed by atoms with Crippen LogP contribution in [0.4, 0.5) is 13.2 Å². The third-order valence-corrected chi connectivity index (χ3v) is 2.66. The topological polar surface area (TPSA) is 65.5 Å². The number of halogens is 3. The number of benzene rings is 1. The van der Waals surface area contributed by atoms with Crippen LogP contribution in [0, 0.1) is 0 Å². The Kier molecular flexibility index (Phi) is 4.32. The number of carbonyl (C=O) groups is 1. The smallest absolute Gasteiger partial charge is 0.457 e. The Morgan fingerprint density at radius 3 is 2.33 bits per heavy atom. The number of alkyl halides is 3. The van der Waals surface area contributed by atoms with Crippen LogP contribution in [0.2, 0.25) is 0 Å². The molecule has 0 amide bonds. The second kappa shape index (κ2) is 6.01. The van der Waals surface area contributed by atoms with E-state index in [1.165, 1.54) is 18.2 Å². The number of hydrogen-bond donors (Lipinski definition) is 1. The predicted molar refractivity (Wildman–Crippen MR) is 67.8 cm³/mol. The summed E-state index contributed by atoms with van der Waals surface area (Å²) in [7, 11) is 0. The number of furan rings is 1. The summed E-state index contributed by atoms with van der Waals surface area (Å²) < 4.78 is 45.0. The molecule has 0 aliphatic carbocycles. The summed E-state index contributed by atoms with van der Waals surface area (Å²) in [4.78, 5) is 11.9. The van der Waals surface area contributed by atoms with Crippen LogP contribution >= 0.6 is 0 Å². The van der Waals surface area contributed by atoms with Crippen molar-refractivity contribution in [3.63, 3.8) is 0 Å². The third kappa shape index (κ3) is 4.35. The van der Waals surface area contributed by atoms with Gasteiger partial charge in [-0.25, -0.2) is 0 Å². The highest BCUT2D eigenvalue weighted by Gasteiger charge is 2.30. The minimum Gasteiger partial charge on any atom is -0.457 e. The molecule has 0 fully saturated rings. The van der Waals surface area contributed by atoms with E-state index in [4.69, 9.17) is 10.2 Å². The first-order chi connectivity index (χ1) is 9.87. The van der Waals surface area contributed by atoms with E-state index in [0.29, 0.717) is 11.3 Å². The molecule has 0 bridgehead atoms. The Balaban J connectivity index is 2.01. The summed E-state index contributed by atoms with van der Waals surface area (Å²) >= 11 is 0. The molecule has 0 saturated carbocycles. The number of Topliss-reactive ketones (excluding diaryl/α,β-unsaturated/α-hetero) is 1. The van der Waals surface area contributed by atoms with Crippen LogP contribution in [-0.2, 0) is 13.0 Å².